The molecule has 2 N–H and O–H groups in total. The molecule has 0 aliphatic carbocycles. The van der Waals surface area contributed by atoms with Crippen molar-refractivity contribution >= 4 is 28.8 Å². The Kier molecular flexibility index (Phi) is 4.01. The van der Waals surface area contributed by atoms with Gasteiger partial charge in [0.25, 0.3) is 5.91 Å². The van der Waals surface area contributed by atoms with Crippen LogP contribution in [0.2, 0.25) is 5.15 Å². The largest absolute Gasteiger partial charge is 0.338 e. The predicted molar refractivity (Wildman–Crippen MR) is 69.4 cm³/mol. The number of nitrogens with two attached hydrogens (primary N) is 1. The van der Waals surface area contributed by atoms with E-state index in [1.807, 2.05) is 11.8 Å². The van der Waals surface area contributed by atoms with Gasteiger partial charge in [0.05, 0.1) is 5.51 Å². The number of aromatic nitrogens is 1. The number of nitrogens with zero attached hydrogens (tertiary/aromatic N) is 2. The minimum atomic E-state index is -0.0112. The van der Waals surface area contributed by atoms with Crippen molar-refractivity contribution < 1.29 is 4.79 Å². The molecule has 17 heavy (non-hydrogen) atoms. The molecule has 1 aliphatic heterocycles. The van der Waals surface area contributed by atoms with Gasteiger partial charge >= 0.3 is 0 Å². The first kappa shape index (κ1) is 12.8. The lowest BCUT2D eigenvalue weighted by molar-refractivity contribution is 0.0666. The van der Waals surface area contributed by atoms with Crippen LogP contribution in [0.3, 0.4) is 0 Å². The first-order chi connectivity index (χ1) is 8.09. The van der Waals surface area contributed by atoms with Crippen LogP contribution in [0.1, 0.15) is 29.4 Å². The zero-order valence-electron chi connectivity index (χ0n) is 9.73. The second-order valence-corrected chi connectivity index (χ2v) is 5.70. The Morgan fingerprint density at radius 3 is 3.12 bits per heavy atom. The number of halogens is 1. The molecule has 0 bridgehead atoms. The van der Waals surface area contributed by atoms with Gasteiger partial charge in [0.1, 0.15) is 4.88 Å². The van der Waals surface area contributed by atoms with Crippen LogP contribution in [0.15, 0.2) is 5.51 Å². The lowest BCUT2D eigenvalue weighted by atomic mass is 9.92. The molecule has 1 aromatic heterocycles. The number of amides is 1. The van der Waals surface area contributed by atoms with Crippen molar-refractivity contribution in [3.63, 3.8) is 0 Å². The Balaban J connectivity index is 2.07. The van der Waals surface area contributed by atoms with Crippen LogP contribution >= 0.6 is 22.9 Å². The molecule has 6 heteroatoms. The van der Waals surface area contributed by atoms with Crippen LogP contribution in [-0.2, 0) is 0 Å². The Morgan fingerprint density at radius 1 is 1.76 bits per heavy atom. The molecule has 2 atom stereocenters. The molecule has 1 amide bonds. The average molecular weight is 274 g/mol. The molecule has 1 aliphatic rings. The minimum absolute atomic E-state index is 0.0112. The highest BCUT2D eigenvalue weighted by molar-refractivity contribution is 7.12. The van der Waals surface area contributed by atoms with E-state index in [-0.39, 0.29) is 11.9 Å². The summed E-state index contributed by atoms with van der Waals surface area (Å²) in [6.07, 6.45) is 2.10. The Hall–Kier alpha value is -0.650. The number of piperidine rings is 1. The predicted octanol–water partition coefficient (Wildman–Crippen LogP) is 2.00. The standard InChI is InChI=1S/C11H16ClN3OS/c1-7(13)8-3-2-4-15(5-8)11(16)9-10(12)14-6-17-9/h6-8H,2-5,13H2,1H3. The summed E-state index contributed by atoms with van der Waals surface area (Å²) >= 11 is 7.18. The lowest BCUT2D eigenvalue weighted by Crippen LogP contribution is -2.44. The highest BCUT2D eigenvalue weighted by Gasteiger charge is 2.28. The van der Waals surface area contributed by atoms with Crippen LogP contribution in [0.4, 0.5) is 0 Å². The summed E-state index contributed by atoms with van der Waals surface area (Å²) in [6.45, 7) is 3.51. The maximum absolute atomic E-state index is 12.2. The van der Waals surface area contributed by atoms with E-state index in [4.69, 9.17) is 17.3 Å². The fourth-order valence-corrected chi connectivity index (χ4v) is 3.10. The van der Waals surface area contributed by atoms with Gasteiger partial charge in [0.15, 0.2) is 5.15 Å². The Bertz CT molecular complexity index is 407. The summed E-state index contributed by atoms with van der Waals surface area (Å²) in [5, 5.41) is 0.308. The molecule has 4 nitrogen and oxygen atoms in total. The van der Waals surface area contributed by atoms with Crippen molar-refractivity contribution in [2.24, 2.45) is 11.7 Å². The minimum Gasteiger partial charge on any atom is -0.338 e. The Morgan fingerprint density at radius 2 is 2.53 bits per heavy atom. The van der Waals surface area contributed by atoms with E-state index in [0.717, 1.165) is 25.9 Å². The molecule has 2 heterocycles. The second-order valence-electron chi connectivity index (χ2n) is 4.48. The topological polar surface area (TPSA) is 59.2 Å². The molecule has 0 saturated carbocycles. The smallest absolute Gasteiger partial charge is 0.267 e. The van der Waals surface area contributed by atoms with Gasteiger partial charge in [-0.15, -0.1) is 11.3 Å². The number of hydrogen-bond acceptors (Lipinski definition) is 4. The van der Waals surface area contributed by atoms with Gasteiger partial charge in [-0.1, -0.05) is 11.6 Å². The van der Waals surface area contributed by atoms with E-state index in [0.29, 0.717) is 15.9 Å². The first-order valence-corrected chi connectivity index (χ1v) is 6.99. The monoisotopic (exact) mass is 273 g/mol. The van der Waals surface area contributed by atoms with E-state index < -0.39 is 0 Å². The van der Waals surface area contributed by atoms with Gasteiger partial charge in [-0.3, -0.25) is 4.79 Å². The summed E-state index contributed by atoms with van der Waals surface area (Å²) in [4.78, 5) is 18.5. The number of hydrogen-bond donors (Lipinski definition) is 1. The number of likely N-dealkylation sites (tertiary alicyclic amines) is 1. The normalized spacial score (nSPS) is 22.5. The molecule has 1 aromatic rings. The molecule has 1 fully saturated rings. The molecule has 2 unspecified atom stereocenters. The maximum atomic E-state index is 12.2. The van der Waals surface area contributed by atoms with Crippen LogP contribution in [0, 0.1) is 5.92 Å². The van der Waals surface area contributed by atoms with Gasteiger partial charge in [0, 0.05) is 19.1 Å². The van der Waals surface area contributed by atoms with Gasteiger partial charge in [-0.2, -0.15) is 0 Å². The summed E-state index contributed by atoms with van der Waals surface area (Å²) in [6, 6.07) is 0.127. The van der Waals surface area contributed by atoms with E-state index in [2.05, 4.69) is 4.98 Å². The first-order valence-electron chi connectivity index (χ1n) is 5.73. The lowest BCUT2D eigenvalue weighted by Gasteiger charge is -2.34. The number of carbonyl (C=O) groups excluding carboxylic acids is 1. The summed E-state index contributed by atoms with van der Waals surface area (Å²) in [5.41, 5.74) is 7.50. The maximum Gasteiger partial charge on any atom is 0.267 e. The highest BCUT2D eigenvalue weighted by Crippen LogP contribution is 2.25. The molecule has 0 radical (unpaired) electrons. The van der Waals surface area contributed by atoms with Gasteiger partial charge in [-0.05, 0) is 25.7 Å². The fraction of sp³-hybridized carbons (Fsp3) is 0.636. The van der Waals surface area contributed by atoms with Crippen molar-refractivity contribution in [3.05, 3.63) is 15.5 Å². The van der Waals surface area contributed by atoms with Crippen LogP contribution in [0.25, 0.3) is 0 Å². The van der Waals surface area contributed by atoms with Crippen molar-refractivity contribution in [2.75, 3.05) is 13.1 Å². The van der Waals surface area contributed by atoms with E-state index >= 15 is 0 Å². The van der Waals surface area contributed by atoms with Crippen molar-refractivity contribution in [3.8, 4) is 0 Å². The van der Waals surface area contributed by atoms with Crippen LogP contribution in [0.5, 0.6) is 0 Å². The molecule has 94 valence electrons. The Labute approximate surface area is 110 Å². The van der Waals surface area contributed by atoms with Gasteiger partial charge in [-0.25, -0.2) is 4.98 Å². The highest BCUT2D eigenvalue weighted by atomic mass is 35.5. The fourth-order valence-electron chi connectivity index (χ4n) is 2.14. The van der Waals surface area contributed by atoms with Gasteiger partial charge < -0.3 is 10.6 Å². The zero-order chi connectivity index (χ0) is 12.4. The number of carbonyl (C=O) groups is 1. The van der Waals surface area contributed by atoms with Crippen LogP contribution < -0.4 is 5.73 Å². The summed E-state index contributed by atoms with van der Waals surface area (Å²) in [5.74, 6) is 0.377. The van der Waals surface area contributed by atoms with E-state index in [1.165, 1.54) is 11.3 Å². The van der Waals surface area contributed by atoms with Crippen molar-refractivity contribution in [1.29, 1.82) is 0 Å². The van der Waals surface area contributed by atoms with E-state index in [1.54, 1.807) is 5.51 Å². The number of rotatable bonds is 2. The molecule has 1 saturated heterocycles. The van der Waals surface area contributed by atoms with Crippen molar-refractivity contribution in [1.82, 2.24) is 9.88 Å². The van der Waals surface area contributed by atoms with Crippen LogP contribution in [-0.4, -0.2) is 34.9 Å². The molecular formula is C11H16ClN3OS. The molecule has 2 rings (SSSR count). The summed E-state index contributed by atoms with van der Waals surface area (Å²) < 4.78 is 0. The second kappa shape index (κ2) is 5.33. The zero-order valence-corrected chi connectivity index (χ0v) is 11.3. The average Bonchev–Trinajstić information content (AvgIpc) is 2.74. The van der Waals surface area contributed by atoms with E-state index in [9.17, 15) is 4.79 Å². The quantitative estimate of drug-likeness (QED) is 0.897. The van der Waals surface area contributed by atoms with Gasteiger partial charge in [0.2, 0.25) is 0 Å². The molecular weight excluding hydrogens is 258 g/mol. The molecule has 0 spiro atoms. The SMILES string of the molecule is CC(N)C1CCCN(C(=O)c2scnc2Cl)C1. The third-order valence-corrected chi connectivity index (χ3v) is 4.42. The third kappa shape index (κ3) is 2.78. The number of thiazole rings is 1. The third-order valence-electron chi connectivity index (χ3n) is 3.21. The van der Waals surface area contributed by atoms with Crippen molar-refractivity contribution in [2.45, 2.75) is 25.8 Å². The summed E-state index contributed by atoms with van der Waals surface area (Å²) in [7, 11) is 0. The molecule has 0 aromatic carbocycles.